The molecule has 1 atom stereocenters. The van der Waals surface area contributed by atoms with Gasteiger partial charge >= 0.3 is 6.03 Å². The van der Waals surface area contributed by atoms with Crippen molar-refractivity contribution < 1.29 is 19.8 Å². The summed E-state index contributed by atoms with van der Waals surface area (Å²) >= 11 is 0. The minimum absolute atomic E-state index is 0.0532. The van der Waals surface area contributed by atoms with Gasteiger partial charge in [-0.25, -0.2) is 9.69 Å². The number of hydrogen-bond acceptors (Lipinski definition) is 5. The van der Waals surface area contributed by atoms with Crippen LogP contribution in [-0.2, 0) is 10.3 Å². The Hall–Kier alpha value is -3.53. The number of anilines is 1. The van der Waals surface area contributed by atoms with Crippen LogP contribution in [0.1, 0.15) is 18.1 Å². The van der Waals surface area contributed by atoms with Gasteiger partial charge in [-0.05, 0) is 36.8 Å². The Kier molecular flexibility index (Phi) is 3.61. The molecular formula is C18H15N3O4. The third kappa shape index (κ3) is 2.27. The standard InChI is InChI=1S/C18H15N3O4/c1-18(12-4-7-14(22)8-5-12)16(24)21(17(25)20(18)2)13-6-3-11(10-19)15(23)9-13/h3-9,22-23H,1-2H3. The van der Waals surface area contributed by atoms with Crippen LogP contribution >= 0.6 is 0 Å². The zero-order valence-electron chi connectivity index (χ0n) is 13.6. The first-order chi connectivity index (χ1) is 11.8. The first kappa shape index (κ1) is 16.3. The van der Waals surface area contributed by atoms with E-state index >= 15 is 0 Å². The van der Waals surface area contributed by atoms with Crippen LogP contribution in [0.4, 0.5) is 10.5 Å². The predicted octanol–water partition coefficient (Wildman–Crippen LogP) is 2.28. The van der Waals surface area contributed by atoms with Gasteiger partial charge in [0.15, 0.2) is 0 Å². The highest BCUT2D eigenvalue weighted by atomic mass is 16.3. The van der Waals surface area contributed by atoms with E-state index in [1.807, 2.05) is 6.07 Å². The van der Waals surface area contributed by atoms with E-state index < -0.39 is 17.5 Å². The van der Waals surface area contributed by atoms with Gasteiger partial charge in [0.2, 0.25) is 0 Å². The molecule has 2 N–H and O–H groups in total. The van der Waals surface area contributed by atoms with Gasteiger partial charge in [-0.3, -0.25) is 4.79 Å². The Morgan fingerprint density at radius 1 is 1.08 bits per heavy atom. The lowest BCUT2D eigenvalue weighted by Gasteiger charge is -2.28. The van der Waals surface area contributed by atoms with Gasteiger partial charge in [0.25, 0.3) is 5.91 Å². The summed E-state index contributed by atoms with van der Waals surface area (Å²) < 4.78 is 0. The van der Waals surface area contributed by atoms with E-state index in [2.05, 4.69) is 0 Å². The number of hydrogen-bond donors (Lipinski definition) is 2. The van der Waals surface area contributed by atoms with E-state index in [-0.39, 0.29) is 22.7 Å². The van der Waals surface area contributed by atoms with Gasteiger partial charge in [0.05, 0.1) is 11.3 Å². The molecule has 1 fully saturated rings. The van der Waals surface area contributed by atoms with E-state index in [1.54, 1.807) is 19.1 Å². The average Bonchev–Trinajstić information content (AvgIpc) is 2.77. The monoisotopic (exact) mass is 337 g/mol. The lowest BCUT2D eigenvalue weighted by molar-refractivity contribution is -0.124. The second-order valence-electron chi connectivity index (χ2n) is 5.91. The minimum Gasteiger partial charge on any atom is -0.508 e. The number of imide groups is 1. The normalized spacial score (nSPS) is 20.0. The minimum atomic E-state index is -1.26. The van der Waals surface area contributed by atoms with Gasteiger partial charge in [0.1, 0.15) is 23.1 Å². The van der Waals surface area contributed by atoms with Crippen molar-refractivity contribution in [3.05, 3.63) is 53.6 Å². The molecule has 7 heteroatoms. The van der Waals surface area contributed by atoms with E-state index in [4.69, 9.17) is 5.26 Å². The summed E-state index contributed by atoms with van der Waals surface area (Å²) in [6.45, 7) is 1.61. The van der Waals surface area contributed by atoms with Gasteiger partial charge < -0.3 is 15.1 Å². The van der Waals surface area contributed by atoms with Crippen molar-refractivity contribution in [1.29, 1.82) is 5.26 Å². The molecule has 1 saturated heterocycles. The maximum atomic E-state index is 13.1. The molecule has 3 amide bonds. The molecule has 3 rings (SSSR count). The quantitative estimate of drug-likeness (QED) is 0.818. The Labute approximate surface area is 143 Å². The molecule has 0 saturated carbocycles. The first-order valence-corrected chi connectivity index (χ1v) is 7.45. The fraction of sp³-hybridized carbons (Fsp3) is 0.167. The molecule has 0 aromatic heterocycles. The van der Waals surface area contributed by atoms with E-state index in [1.165, 1.54) is 42.3 Å². The molecule has 1 aliphatic heterocycles. The number of amides is 3. The highest BCUT2D eigenvalue weighted by Crippen LogP contribution is 2.39. The van der Waals surface area contributed by atoms with E-state index in [0.29, 0.717) is 5.56 Å². The zero-order valence-corrected chi connectivity index (χ0v) is 13.6. The number of carbonyl (C=O) groups excluding carboxylic acids is 2. The molecular weight excluding hydrogens is 322 g/mol. The van der Waals surface area contributed by atoms with Crippen molar-refractivity contribution in [2.45, 2.75) is 12.5 Å². The number of likely N-dealkylation sites (N-methyl/N-ethyl adjacent to an activating group) is 1. The van der Waals surface area contributed by atoms with Gasteiger partial charge in [-0.2, -0.15) is 5.26 Å². The Morgan fingerprint density at radius 3 is 2.28 bits per heavy atom. The molecule has 0 radical (unpaired) electrons. The molecule has 0 bridgehead atoms. The van der Waals surface area contributed by atoms with Crippen molar-refractivity contribution >= 4 is 17.6 Å². The third-order valence-corrected chi connectivity index (χ3v) is 4.56. The van der Waals surface area contributed by atoms with Gasteiger partial charge in [-0.15, -0.1) is 0 Å². The molecule has 126 valence electrons. The summed E-state index contributed by atoms with van der Waals surface area (Å²) in [5.74, 6) is -0.739. The van der Waals surface area contributed by atoms with Crippen LogP contribution in [0.2, 0.25) is 0 Å². The number of nitrogens with zero attached hydrogens (tertiary/aromatic N) is 3. The fourth-order valence-corrected chi connectivity index (χ4v) is 2.87. The maximum absolute atomic E-state index is 13.1. The second-order valence-corrected chi connectivity index (χ2v) is 5.91. The maximum Gasteiger partial charge on any atom is 0.332 e. The number of aromatic hydroxyl groups is 2. The van der Waals surface area contributed by atoms with Crippen LogP contribution in [0.5, 0.6) is 11.5 Å². The molecule has 25 heavy (non-hydrogen) atoms. The largest absolute Gasteiger partial charge is 0.508 e. The Bertz CT molecular complexity index is 917. The molecule has 1 aliphatic rings. The highest BCUT2D eigenvalue weighted by molar-refractivity contribution is 6.23. The van der Waals surface area contributed by atoms with E-state index in [9.17, 15) is 19.8 Å². The van der Waals surface area contributed by atoms with Crippen molar-refractivity contribution in [2.75, 3.05) is 11.9 Å². The summed E-state index contributed by atoms with van der Waals surface area (Å²) in [6, 6.07) is 11.3. The van der Waals surface area contributed by atoms with Crippen LogP contribution in [0.15, 0.2) is 42.5 Å². The molecule has 1 unspecified atom stereocenters. The average molecular weight is 337 g/mol. The van der Waals surface area contributed by atoms with Crippen molar-refractivity contribution in [1.82, 2.24) is 4.90 Å². The number of rotatable bonds is 2. The first-order valence-electron chi connectivity index (χ1n) is 7.45. The molecule has 7 nitrogen and oxygen atoms in total. The smallest absolute Gasteiger partial charge is 0.332 e. The van der Waals surface area contributed by atoms with Crippen molar-refractivity contribution in [3.8, 4) is 17.6 Å². The summed E-state index contributed by atoms with van der Waals surface area (Å²) in [5, 5.41) is 28.2. The van der Waals surface area contributed by atoms with Crippen molar-refractivity contribution in [3.63, 3.8) is 0 Å². The van der Waals surface area contributed by atoms with Gasteiger partial charge in [-0.1, -0.05) is 12.1 Å². The number of phenols is 2. The van der Waals surface area contributed by atoms with Gasteiger partial charge in [0, 0.05) is 13.1 Å². The molecule has 0 aliphatic carbocycles. The Morgan fingerprint density at radius 2 is 1.72 bits per heavy atom. The lowest BCUT2D eigenvalue weighted by Crippen LogP contribution is -2.42. The van der Waals surface area contributed by atoms with Crippen LogP contribution < -0.4 is 4.90 Å². The van der Waals surface area contributed by atoms with Crippen LogP contribution in [0.3, 0.4) is 0 Å². The molecule has 0 spiro atoms. The number of urea groups is 1. The van der Waals surface area contributed by atoms with E-state index in [0.717, 1.165) is 4.90 Å². The number of nitriles is 1. The van der Waals surface area contributed by atoms with Crippen LogP contribution in [-0.4, -0.2) is 34.1 Å². The van der Waals surface area contributed by atoms with Crippen LogP contribution in [0.25, 0.3) is 0 Å². The number of carbonyl (C=O) groups is 2. The summed E-state index contributed by atoms with van der Waals surface area (Å²) in [5.41, 5.74) is -0.473. The number of benzene rings is 2. The number of phenolic OH excluding ortho intramolecular Hbond substituents is 2. The molecule has 1 heterocycles. The zero-order chi connectivity index (χ0) is 18.4. The van der Waals surface area contributed by atoms with Crippen LogP contribution in [0, 0.1) is 11.3 Å². The molecule has 2 aromatic carbocycles. The third-order valence-electron chi connectivity index (χ3n) is 4.56. The SMILES string of the molecule is CN1C(=O)N(c2ccc(C#N)c(O)c2)C(=O)C1(C)c1ccc(O)cc1. The summed E-state index contributed by atoms with van der Waals surface area (Å²) in [6.07, 6.45) is 0. The lowest BCUT2D eigenvalue weighted by atomic mass is 9.90. The summed E-state index contributed by atoms with van der Waals surface area (Å²) in [4.78, 5) is 28.0. The highest BCUT2D eigenvalue weighted by Gasteiger charge is 2.54. The second kappa shape index (κ2) is 5.53. The Balaban J connectivity index is 2.08. The topological polar surface area (TPSA) is 105 Å². The summed E-state index contributed by atoms with van der Waals surface area (Å²) in [7, 11) is 1.51. The van der Waals surface area contributed by atoms with Crippen molar-refractivity contribution in [2.24, 2.45) is 0 Å². The molecule has 2 aromatic rings. The predicted molar refractivity (Wildman–Crippen MR) is 88.9 cm³/mol. The fourth-order valence-electron chi connectivity index (χ4n) is 2.87.